The van der Waals surface area contributed by atoms with Crippen molar-refractivity contribution < 1.29 is 38.9 Å². The number of nitrogens with two attached hydrogens (primary N) is 3. The summed E-state index contributed by atoms with van der Waals surface area (Å²) in [6.45, 7) is 5.13. The van der Waals surface area contributed by atoms with Crippen LogP contribution in [0, 0.1) is 0 Å². The Morgan fingerprint density at radius 2 is 2.07 bits per heavy atom. The minimum absolute atomic E-state index is 0.00965. The molecule has 2 atom stereocenters. The fourth-order valence-corrected chi connectivity index (χ4v) is 5.94. The quantitative estimate of drug-likeness (QED) is 0.0736. The number of carboxylic acid groups (broad SMARTS) is 2. The van der Waals surface area contributed by atoms with Crippen LogP contribution in [0.1, 0.15) is 32.2 Å². The number of carbonyl (C=O) groups is 4. The molecule has 0 aromatic carbocycles. The largest absolute Gasteiger partial charge is 0.543 e. The highest BCUT2D eigenvalue weighted by Gasteiger charge is 2.53. The zero-order valence-electron chi connectivity index (χ0n) is 22.2. The van der Waals surface area contributed by atoms with Crippen LogP contribution in [0.15, 0.2) is 22.6 Å². The summed E-state index contributed by atoms with van der Waals surface area (Å²) in [5.41, 5.74) is 16.0. The van der Waals surface area contributed by atoms with E-state index < -0.39 is 46.5 Å². The number of hydrogen-bond donors (Lipinski definition) is 5. The molecular weight excluding hydrogens is 580 g/mol. The van der Waals surface area contributed by atoms with Gasteiger partial charge in [0.05, 0.1) is 23.8 Å². The van der Waals surface area contributed by atoms with Gasteiger partial charge in [0.25, 0.3) is 11.8 Å². The number of rotatable bonds is 11. The fraction of sp³-hybridized carbons (Fsp3) is 0.455. The molecule has 1 saturated heterocycles. The lowest BCUT2D eigenvalue weighted by Crippen LogP contribution is -2.71. The van der Waals surface area contributed by atoms with Crippen LogP contribution in [0.4, 0.5) is 10.9 Å². The number of nitrogens with one attached hydrogen (secondary N) is 1. The highest BCUT2D eigenvalue weighted by atomic mass is 32.2. The highest BCUT2D eigenvalue weighted by Crippen LogP contribution is 2.40. The summed E-state index contributed by atoms with van der Waals surface area (Å²) in [6.07, 6.45) is 1.73. The molecule has 19 heteroatoms. The first kappa shape index (κ1) is 29.7. The second-order valence-corrected chi connectivity index (χ2v) is 11.3. The van der Waals surface area contributed by atoms with Gasteiger partial charge in [-0.2, -0.15) is 9.36 Å². The standard InChI is InChI=1S/C22H28N10O7S2/c1-4-31-14(24)9(5-23)6-30(31)7-10-8-40-18-12(17(34)32(18)13(10)19(35)36)26-16(33)11(15-27-21(25)41-29-15)28-39-22(2,3)20(37)38/h6,12,18,24H,4-5,7-8,23H2,1-3H3,(H5,25,26,27,29,33,35,36,37,38)/b28-11+/t12-,18-/m1/s1. The first-order valence-corrected chi connectivity index (χ1v) is 14.0. The van der Waals surface area contributed by atoms with E-state index in [2.05, 4.69) is 19.8 Å². The van der Waals surface area contributed by atoms with Crippen molar-refractivity contribution in [2.24, 2.45) is 10.9 Å². The summed E-state index contributed by atoms with van der Waals surface area (Å²) >= 11 is 2.01. The molecule has 2 aromatic rings. The van der Waals surface area contributed by atoms with Gasteiger partial charge in [-0.05, 0) is 20.8 Å². The molecule has 2 aromatic heterocycles. The van der Waals surface area contributed by atoms with Crippen molar-refractivity contribution >= 4 is 63.7 Å². The Balaban J connectivity index is 1.58. The van der Waals surface area contributed by atoms with E-state index in [1.54, 1.807) is 15.6 Å². The van der Waals surface area contributed by atoms with Gasteiger partial charge in [0.2, 0.25) is 23.3 Å². The van der Waals surface area contributed by atoms with Crippen molar-refractivity contribution in [3.63, 3.8) is 0 Å². The van der Waals surface area contributed by atoms with Crippen molar-refractivity contribution in [2.75, 3.05) is 17.2 Å². The van der Waals surface area contributed by atoms with Crippen molar-refractivity contribution in [2.45, 2.75) is 57.4 Å². The molecule has 0 spiro atoms. The smallest absolute Gasteiger partial charge is 0.350 e. The SMILES string of the molecule is CCn1c(N)c(CN)c[n+]1CC1=C(C(=O)[O-])N2C(=O)[C@@H](NC(=O)/C(=N/OC(C)(C)C(=O)O)c3nsc(N)n3)[C@H]2SC1. The number of aliphatic carboxylic acids is 2. The molecule has 2 aliphatic rings. The van der Waals surface area contributed by atoms with Crippen LogP contribution in [0.3, 0.4) is 0 Å². The third kappa shape index (κ3) is 5.55. The summed E-state index contributed by atoms with van der Waals surface area (Å²) < 4.78 is 7.39. The van der Waals surface area contributed by atoms with E-state index in [-0.39, 0.29) is 35.5 Å². The first-order chi connectivity index (χ1) is 19.3. The molecule has 220 valence electrons. The van der Waals surface area contributed by atoms with Crippen LogP contribution >= 0.6 is 23.3 Å². The summed E-state index contributed by atoms with van der Waals surface area (Å²) in [4.78, 5) is 60.0. The van der Waals surface area contributed by atoms with E-state index in [1.165, 1.54) is 25.6 Å². The fourth-order valence-electron chi connectivity index (χ4n) is 4.17. The average Bonchev–Trinajstić information content (AvgIpc) is 3.48. The molecule has 0 radical (unpaired) electrons. The number of thioether (sulfide) groups is 1. The molecule has 8 N–H and O–H groups in total. The number of β-lactam (4-membered cyclic amide) rings is 1. The predicted octanol–water partition coefficient (Wildman–Crippen LogP) is -3.04. The van der Waals surface area contributed by atoms with E-state index >= 15 is 0 Å². The maximum atomic E-state index is 13.2. The number of nitrogens with zero attached hydrogens (tertiary/aromatic N) is 6. The number of amides is 2. The lowest BCUT2D eigenvalue weighted by Gasteiger charge is -2.50. The van der Waals surface area contributed by atoms with Crippen LogP contribution < -0.4 is 32.3 Å². The van der Waals surface area contributed by atoms with Crippen LogP contribution in [-0.4, -0.2) is 76.3 Å². The Kier molecular flexibility index (Phi) is 8.22. The Labute approximate surface area is 241 Å². The third-order valence-corrected chi connectivity index (χ3v) is 8.25. The average molecular weight is 609 g/mol. The molecule has 2 amide bonds. The van der Waals surface area contributed by atoms with Crippen molar-refractivity contribution in [1.29, 1.82) is 0 Å². The van der Waals surface area contributed by atoms with E-state index in [0.717, 1.165) is 16.4 Å². The number of nitrogen functional groups attached to an aromatic ring is 2. The number of anilines is 2. The predicted molar refractivity (Wildman–Crippen MR) is 143 cm³/mol. The second-order valence-electron chi connectivity index (χ2n) is 9.46. The molecule has 41 heavy (non-hydrogen) atoms. The molecule has 4 rings (SSSR count). The highest BCUT2D eigenvalue weighted by molar-refractivity contribution is 8.00. The lowest BCUT2D eigenvalue weighted by atomic mass is 10.0. The van der Waals surface area contributed by atoms with E-state index in [0.29, 0.717) is 23.5 Å². The number of hydrogen-bond acceptors (Lipinski definition) is 14. The van der Waals surface area contributed by atoms with Gasteiger partial charge in [-0.1, -0.05) is 5.16 Å². The minimum atomic E-state index is -1.80. The summed E-state index contributed by atoms with van der Waals surface area (Å²) in [5, 5.41) is 26.9. The maximum absolute atomic E-state index is 13.2. The van der Waals surface area contributed by atoms with Gasteiger partial charge < -0.3 is 42.4 Å². The summed E-state index contributed by atoms with van der Waals surface area (Å²) in [7, 11) is 0. The first-order valence-electron chi connectivity index (χ1n) is 12.2. The molecule has 0 unspecified atom stereocenters. The maximum Gasteiger partial charge on any atom is 0.350 e. The second kappa shape index (κ2) is 11.3. The van der Waals surface area contributed by atoms with E-state index in [1.807, 2.05) is 6.92 Å². The third-order valence-electron chi connectivity index (χ3n) is 6.37. The Hall–Kier alpha value is -4.23. The molecule has 0 aliphatic carbocycles. The number of fused-ring (bicyclic) bond motifs is 1. The van der Waals surface area contributed by atoms with Gasteiger partial charge in [0.15, 0.2) is 17.5 Å². The zero-order chi connectivity index (χ0) is 30.2. The van der Waals surface area contributed by atoms with Gasteiger partial charge >= 0.3 is 5.97 Å². The van der Waals surface area contributed by atoms with Crippen LogP contribution in [-0.2, 0) is 43.7 Å². The molecule has 0 saturated carbocycles. The van der Waals surface area contributed by atoms with Gasteiger partial charge in [0, 0.05) is 29.4 Å². The summed E-state index contributed by atoms with van der Waals surface area (Å²) in [5.74, 6) is -4.10. The lowest BCUT2D eigenvalue weighted by molar-refractivity contribution is -0.767. The molecule has 4 heterocycles. The van der Waals surface area contributed by atoms with E-state index in [4.69, 9.17) is 22.0 Å². The van der Waals surface area contributed by atoms with Crippen molar-refractivity contribution in [3.05, 3.63) is 28.9 Å². The van der Waals surface area contributed by atoms with Gasteiger partial charge in [-0.15, -0.1) is 21.1 Å². The number of aromatic nitrogens is 4. The van der Waals surface area contributed by atoms with E-state index in [9.17, 15) is 29.4 Å². The Bertz CT molecular complexity index is 1480. The summed E-state index contributed by atoms with van der Waals surface area (Å²) in [6, 6.07) is -1.14. The molecule has 0 bridgehead atoms. The molecule has 1 fully saturated rings. The minimum Gasteiger partial charge on any atom is -0.543 e. The van der Waals surface area contributed by atoms with Crippen LogP contribution in [0.2, 0.25) is 0 Å². The van der Waals surface area contributed by atoms with Crippen LogP contribution in [0.25, 0.3) is 0 Å². The monoisotopic (exact) mass is 608 g/mol. The van der Waals surface area contributed by atoms with Crippen LogP contribution in [0.5, 0.6) is 0 Å². The zero-order valence-corrected chi connectivity index (χ0v) is 23.8. The van der Waals surface area contributed by atoms with Gasteiger partial charge in [-0.3, -0.25) is 14.5 Å². The molecular formula is C22H28N10O7S2. The molecule has 17 nitrogen and oxygen atoms in total. The number of oxime groups is 1. The molecule has 2 aliphatic heterocycles. The van der Waals surface area contributed by atoms with Crippen molar-refractivity contribution in [1.82, 2.24) is 24.3 Å². The van der Waals surface area contributed by atoms with Crippen molar-refractivity contribution in [3.8, 4) is 0 Å². The Morgan fingerprint density at radius 1 is 1.37 bits per heavy atom. The van der Waals surface area contributed by atoms with Gasteiger partial charge in [-0.25, -0.2) is 4.79 Å². The van der Waals surface area contributed by atoms with Gasteiger partial charge in [0.1, 0.15) is 11.4 Å². The normalized spacial score (nSPS) is 19.1. The Morgan fingerprint density at radius 3 is 2.63 bits per heavy atom. The number of carboxylic acids is 2. The number of carbonyl (C=O) groups excluding carboxylic acids is 3. The topological polar surface area (TPSA) is 261 Å².